The molecule has 4 aromatic rings. The summed E-state index contributed by atoms with van der Waals surface area (Å²) in [5, 5.41) is 2.93. The van der Waals surface area contributed by atoms with E-state index in [1.165, 1.54) is 5.56 Å². The first-order chi connectivity index (χ1) is 12.7. The van der Waals surface area contributed by atoms with Gasteiger partial charge in [-0.15, -0.1) is 0 Å². The third kappa shape index (κ3) is 3.49. The van der Waals surface area contributed by atoms with Crippen molar-refractivity contribution in [3.8, 4) is 11.4 Å². The van der Waals surface area contributed by atoms with Crippen LogP contribution in [-0.4, -0.2) is 15.9 Å². The monoisotopic (exact) mass is 341 g/mol. The second-order valence-corrected chi connectivity index (χ2v) is 6.39. The Morgan fingerprint density at radius 3 is 2.54 bits per heavy atom. The van der Waals surface area contributed by atoms with Gasteiger partial charge in [0.15, 0.2) is 0 Å². The number of amides is 1. The first-order valence-corrected chi connectivity index (χ1v) is 8.58. The number of rotatable bonds is 4. The Hall–Kier alpha value is -3.40. The number of benzene rings is 3. The average molecular weight is 341 g/mol. The van der Waals surface area contributed by atoms with Gasteiger partial charge >= 0.3 is 0 Å². The molecule has 0 bridgehead atoms. The Balaban J connectivity index is 1.48. The molecule has 1 amide bonds. The molecule has 0 atom stereocenters. The molecule has 0 saturated heterocycles. The highest BCUT2D eigenvalue weighted by Gasteiger charge is 2.07. The van der Waals surface area contributed by atoms with E-state index in [9.17, 15) is 4.79 Å². The summed E-state index contributed by atoms with van der Waals surface area (Å²) in [6, 6.07) is 23.6. The van der Waals surface area contributed by atoms with Crippen LogP contribution in [-0.2, 0) is 11.2 Å². The van der Waals surface area contributed by atoms with Crippen LogP contribution in [0.1, 0.15) is 11.1 Å². The van der Waals surface area contributed by atoms with Gasteiger partial charge < -0.3 is 10.3 Å². The number of nitrogens with zero attached hydrogens (tertiary/aromatic N) is 1. The van der Waals surface area contributed by atoms with E-state index in [1.54, 1.807) is 0 Å². The molecule has 0 saturated carbocycles. The molecular formula is C22H19N3O. The summed E-state index contributed by atoms with van der Waals surface area (Å²) >= 11 is 0. The number of nitrogens with one attached hydrogen (secondary N) is 2. The first kappa shape index (κ1) is 16.1. The van der Waals surface area contributed by atoms with Crippen molar-refractivity contribution in [1.29, 1.82) is 0 Å². The molecule has 26 heavy (non-hydrogen) atoms. The Labute approximate surface area is 151 Å². The standard InChI is InChI=1S/C22H19N3O/c1-15-7-12-19-20(13-15)25-22(24-19)17-8-10-18(11-9-17)23-21(26)14-16-5-3-2-4-6-16/h2-13H,14H2,1H3,(H,23,26)(H,24,25). The van der Waals surface area contributed by atoms with Crippen LogP contribution in [0.25, 0.3) is 22.4 Å². The molecule has 0 aliphatic carbocycles. The van der Waals surface area contributed by atoms with E-state index < -0.39 is 0 Å². The number of fused-ring (bicyclic) bond motifs is 1. The molecule has 3 aromatic carbocycles. The molecule has 1 aromatic heterocycles. The SMILES string of the molecule is Cc1ccc2[nH]c(-c3ccc(NC(=O)Cc4ccccc4)cc3)nc2c1. The molecule has 0 spiro atoms. The Morgan fingerprint density at radius 1 is 1.00 bits per heavy atom. The molecular weight excluding hydrogens is 322 g/mol. The fourth-order valence-corrected chi connectivity index (χ4v) is 2.95. The van der Waals surface area contributed by atoms with Crippen molar-refractivity contribution < 1.29 is 4.79 Å². The highest BCUT2D eigenvalue weighted by molar-refractivity contribution is 5.92. The highest BCUT2D eigenvalue weighted by atomic mass is 16.1. The van der Waals surface area contributed by atoms with Gasteiger partial charge in [0.2, 0.25) is 5.91 Å². The van der Waals surface area contributed by atoms with E-state index in [4.69, 9.17) is 0 Å². The zero-order valence-corrected chi connectivity index (χ0v) is 14.5. The maximum absolute atomic E-state index is 12.2. The molecule has 4 heteroatoms. The summed E-state index contributed by atoms with van der Waals surface area (Å²) in [5.41, 5.74) is 5.93. The summed E-state index contributed by atoms with van der Waals surface area (Å²) in [7, 11) is 0. The number of imidazole rings is 1. The zero-order chi connectivity index (χ0) is 17.9. The van der Waals surface area contributed by atoms with Crippen molar-refractivity contribution in [2.24, 2.45) is 0 Å². The number of carbonyl (C=O) groups is 1. The number of aromatic nitrogens is 2. The first-order valence-electron chi connectivity index (χ1n) is 8.58. The van der Waals surface area contributed by atoms with Crippen molar-refractivity contribution in [1.82, 2.24) is 9.97 Å². The van der Waals surface area contributed by atoms with E-state index in [1.807, 2.05) is 60.7 Å². The van der Waals surface area contributed by atoms with Crippen molar-refractivity contribution in [3.05, 3.63) is 83.9 Å². The largest absolute Gasteiger partial charge is 0.338 e. The van der Waals surface area contributed by atoms with Crippen molar-refractivity contribution in [2.45, 2.75) is 13.3 Å². The number of H-pyrrole nitrogens is 1. The molecule has 1 heterocycles. The molecule has 0 fully saturated rings. The van der Waals surface area contributed by atoms with Crippen LogP contribution in [0.15, 0.2) is 72.8 Å². The number of anilines is 1. The van der Waals surface area contributed by atoms with E-state index in [0.717, 1.165) is 33.7 Å². The van der Waals surface area contributed by atoms with Crippen LogP contribution in [0.3, 0.4) is 0 Å². The minimum atomic E-state index is -0.0248. The summed E-state index contributed by atoms with van der Waals surface area (Å²) in [5.74, 6) is 0.802. The molecule has 0 unspecified atom stereocenters. The van der Waals surface area contributed by atoms with E-state index in [-0.39, 0.29) is 5.91 Å². The maximum Gasteiger partial charge on any atom is 0.228 e. The lowest BCUT2D eigenvalue weighted by atomic mass is 10.1. The summed E-state index contributed by atoms with van der Waals surface area (Å²) in [6.45, 7) is 2.06. The van der Waals surface area contributed by atoms with Crippen LogP contribution in [0, 0.1) is 6.92 Å². The molecule has 4 rings (SSSR count). The quantitative estimate of drug-likeness (QED) is 0.564. The van der Waals surface area contributed by atoms with Crippen molar-refractivity contribution in [3.63, 3.8) is 0 Å². The summed E-state index contributed by atoms with van der Waals surface area (Å²) in [6.07, 6.45) is 0.367. The zero-order valence-electron chi connectivity index (χ0n) is 14.5. The number of aryl methyl sites for hydroxylation is 1. The van der Waals surface area contributed by atoms with Crippen LogP contribution in [0.4, 0.5) is 5.69 Å². The topological polar surface area (TPSA) is 57.8 Å². The minimum absolute atomic E-state index is 0.0248. The van der Waals surface area contributed by atoms with Crippen LogP contribution < -0.4 is 5.32 Å². The van der Waals surface area contributed by atoms with E-state index >= 15 is 0 Å². The predicted octanol–water partition coefficient (Wildman–Crippen LogP) is 4.72. The van der Waals surface area contributed by atoms with Gasteiger partial charge in [-0.05, 0) is 54.4 Å². The number of hydrogen-bond acceptors (Lipinski definition) is 2. The molecule has 128 valence electrons. The molecule has 4 nitrogen and oxygen atoms in total. The highest BCUT2D eigenvalue weighted by Crippen LogP contribution is 2.22. The van der Waals surface area contributed by atoms with Crippen molar-refractivity contribution in [2.75, 3.05) is 5.32 Å². The van der Waals surface area contributed by atoms with Crippen LogP contribution in [0.2, 0.25) is 0 Å². The molecule has 2 N–H and O–H groups in total. The van der Waals surface area contributed by atoms with Gasteiger partial charge in [-0.2, -0.15) is 0 Å². The van der Waals surface area contributed by atoms with Gasteiger partial charge in [0.05, 0.1) is 17.5 Å². The summed E-state index contributed by atoms with van der Waals surface area (Å²) in [4.78, 5) is 20.1. The van der Waals surface area contributed by atoms with Gasteiger partial charge in [-0.3, -0.25) is 4.79 Å². The van der Waals surface area contributed by atoms with Gasteiger partial charge in [0, 0.05) is 11.3 Å². The smallest absolute Gasteiger partial charge is 0.228 e. The van der Waals surface area contributed by atoms with Crippen molar-refractivity contribution >= 4 is 22.6 Å². The minimum Gasteiger partial charge on any atom is -0.338 e. The lowest BCUT2D eigenvalue weighted by molar-refractivity contribution is -0.115. The third-order valence-corrected chi connectivity index (χ3v) is 4.29. The lowest BCUT2D eigenvalue weighted by Crippen LogP contribution is -2.14. The number of aromatic amines is 1. The Morgan fingerprint density at radius 2 is 1.77 bits per heavy atom. The molecule has 0 aliphatic rings. The second kappa shape index (κ2) is 6.84. The van der Waals surface area contributed by atoms with Crippen LogP contribution in [0.5, 0.6) is 0 Å². The Bertz CT molecular complexity index is 1050. The average Bonchev–Trinajstić information content (AvgIpc) is 3.06. The maximum atomic E-state index is 12.2. The predicted molar refractivity (Wildman–Crippen MR) is 105 cm³/mol. The fraction of sp³-hybridized carbons (Fsp3) is 0.0909. The van der Waals surface area contributed by atoms with E-state index in [0.29, 0.717) is 6.42 Å². The van der Waals surface area contributed by atoms with Gasteiger partial charge in [-0.1, -0.05) is 36.4 Å². The van der Waals surface area contributed by atoms with Gasteiger partial charge in [-0.25, -0.2) is 4.98 Å². The third-order valence-electron chi connectivity index (χ3n) is 4.29. The second-order valence-electron chi connectivity index (χ2n) is 6.39. The van der Waals surface area contributed by atoms with Crippen LogP contribution >= 0.6 is 0 Å². The van der Waals surface area contributed by atoms with E-state index in [2.05, 4.69) is 34.3 Å². The molecule has 0 radical (unpaired) electrons. The van der Waals surface area contributed by atoms with Gasteiger partial charge in [0.1, 0.15) is 5.82 Å². The number of carbonyl (C=O) groups excluding carboxylic acids is 1. The Kier molecular flexibility index (Phi) is 4.23. The lowest BCUT2D eigenvalue weighted by Gasteiger charge is -2.06. The number of hydrogen-bond donors (Lipinski definition) is 2. The van der Waals surface area contributed by atoms with Gasteiger partial charge in [0.25, 0.3) is 0 Å². The molecule has 0 aliphatic heterocycles. The normalized spacial score (nSPS) is 10.8. The summed E-state index contributed by atoms with van der Waals surface area (Å²) < 4.78 is 0. The fourth-order valence-electron chi connectivity index (χ4n) is 2.95.